The minimum Gasteiger partial charge on any atom is -0.481 e. The maximum Gasteiger partial charge on any atom is 0.341 e. The normalized spacial score (nSPS) is 11.5. The van der Waals surface area contributed by atoms with Crippen LogP contribution in [0.3, 0.4) is 0 Å². The Bertz CT molecular complexity index is 517. The lowest BCUT2D eigenvalue weighted by atomic mass is 9.82. The minimum atomic E-state index is -0.797. The summed E-state index contributed by atoms with van der Waals surface area (Å²) >= 11 is 0. The van der Waals surface area contributed by atoms with Crippen molar-refractivity contribution in [1.29, 1.82) is 0 Å². The van der Waals surface area contributed by atoms with Crippen LogP contribution in [-0.4, -0.2) is 30.7 Å². The molecule has 6 nitrogen and oxygen atoms in total. The number of carbonyl (C=O) groups excluding carboxylic acids is 1. The molecule has 0 aliphatic rings. The number of hydrogen-bond acceptors (Lipinski definition) is 5. The Hall–Kier alpha value is -1.82. The molecular weight excluding hydrogens is 286 g/mol. The van der Waals surface area contributed by atoms with Crippen LogP contribution < -0.4 is 5.32 Å². The monoisotopic (exact) mass is 311 g/mol. The summed E-state index contributed by atoms with van der Waals surface area (Å²) in [6, 6.07) is 1.65. The molecule has 6 heteroatoms. The number of nitrogens with one attached hydrogen (secondary N) is 1. The number of ether oxygens (including phenoxy) is 1. The van der Waals surface area contributed by atoms with E-state index in [2.05, 4.69) is 5.32 Å². The highest BCUT2D eigenvalue weighted by Gasteiger charge is 2.34. The molecule has 0 fully saturated rings. The number of carboxylic acids is 1. The van der Waals surface area contributed by atoms with Crippen LogP contribution in [0.25, 0.3) is 0 Å². The van der Waals surface area contributed by atoms with Gasteiger partial charge in [-0.3, -0.25) is 4.79 Å². The van der Waals surface area contributed by atoms with Gasteiger partial charge in [0.05, 0.1) is 19.1 Å². The van der Waals surface area contributed by atoms with Crippen LogP contribution in [0.2, 0.25) is 0 Å². The van der Waals surface area contributed by atoms with Crippen LogP contribution in [0.4, 0.5) is 0 Å². The van der Waals surface area contributed by atoms with E-state index in [1.165, 1.54) is 7.11 Å². The van der Waals surface area contributed by atoms with Crippen molar-refractivity contribution in [2.24, 2.45) is 5.41 Å². The summed E-state index contributed by atoms with van der Waals surface area (Å²) in [6.45, 7) is 6.36. The van der Waals surface area contributed by atoms with Crippen molar-refractivity contribution in [2.45, 2.75) is 46.6 Å². The maximum absolute atomic E-state index is 11.6. The molecule has 0 aliphatic heterocycles. The lowest BCUT2D eigenvalue weighted by Gasteiger charge is -2.26. The summed E-state index contributed by atoms with van der Waals surface area (Å²) in [5, 5.41) is 12.5. The molecule has 0 unspecified atom stereocenters. The number of furan rings is 1. The summed E-state index contributed by atoms with van der Waals surface area (Å²) in [6.07, 6.45) is 1.70. The van der Waals surface area contributed by atoms with Crippen molar-refractivity contribution < 1.29 is 23.8 Å². The second-order valence-electron chi connectivity index (χ2n) is 5.29. The number of aryl methyl sites for hydroxylation is 1. The third kappa shape index (κ3) is 3.88. The van der Waals surface area contributed by atoms with Crippen LogP contribution in [0.5, 0.6) is 0 Å². The molecule has 0 atom stereocenters. The molecule has 0 aromatic carbocycles. The smallest absolute Gasteiger partial charge is 0.341 e. The first kappa shape index (κ1) is 18.2. The Labute approximate surface area is 130 Å². The third-order valence-corrected chi connectivity index (χ3v) is 4.16. The SMILES string of the molecule is CCc1oc(CNCC(CC)(CC)C(=O)O)cc1C(=O)OC. The van der Waals surface area contributed by atoms with Crippen molar-refractivity contribution in [3.05, 3.63) is 23.2 Å². The lowest BCUT2D eigenvalue weighted by molar-refractivity contribution is -0.149. The fourth-order valence-corrected chi connectivity index (χ4v) is 2.42. The second kappa shape index (κ2) is 7.98. The Morgan fingerprint density at radius 1 is 1.32 bits per heavy atom. The summed E-state index contributed by atoms with van der Waals surface area (Å²) in [5.41, 5.74) is -0.344. The fraction of sp³-hybridized carbons (Fsp3) is 0.625. The summed E-state index contributed by atoms with van der Waals surface area (Å²) < 4.78 is 10.3. The molecule has 0 aliphatic carbocycles. The van der Waals surface area contributed by atoms with E-state index in [-0.39, 0.29) is 0 Å². The van der Waals surface area contributed by atoms with Crippen LogP contribution >= 0.6 is 0 Å². The van der Waals surface area contributed by atoms with Gasteiger partial charge in [-0.25, -0.2) is 4.79 Å². The quantitative estimate of drug-likeness (QED) is 0.681. The van der Waals surface area contributed by atoms with Gasteiger partial charge in [-0.05, 0) is 18.9 Å². The standard InChI is InChI=1S/C16H25NO5/c1-5-13-12(14(18)21-4)8-11(22-13)9-17-10-16(6-2,7-3)15(19)20/h8,17H,5-7,9-10H2,1-4H3,(H,19,20). The number of aliphatic carboxylic acids is 1. The first-order valence-corrected chi connectivity index (χ1v) is 7.58. The van der Waals surface area contributed by atoms with Crippen LogP contribution in [0.1, 0.15) is 55.5 Å². The predicted molar refractivity (Wildman–Crippen MR) is 81.8 cm³/mol. The van der Waals surface area contributed by atoms with E-state index in [0.717, 1.165) is 0 Å². The van der Waals surface area contributed by atoms with Crippen molar-refractivity contribution in [1.82, 2.24) is 5.32 Å². The van der Waals surface area contributed by atoms with E-state index in [0.29, 0.717) is 49.4 Å². The van der Waals surface area contributed by atoms with Gasteiger partial charge in [0.15, 0.2) is 0 Å². The molecule has 124 valence electrons. The Balaban J connectivity index is 2.74. The zero-order valence-electron chi connectivity index (χ0n) is 13.7. The summed E-state index contributed by atoms with van der Waals surface area (Å²) in [7, 11) is 1.33. The summed E-state index contributed by atoms with van der Waals surface area (Å²) in [4.78, 5) is 23.1. The summed E-state index contributed by atoms with van der Waals surface area (Å²) in [5.74, 6) is -0.0364. The van der Waals surface area contributed by atoms with Gasteiger partial charge in [0.1, 0.15) is 17.1 Å². The molecule has 1 rings (SSSR count). The van der Waals surface area contributed by atoms with Crippen molar-refractivity contribution >= 4 is 11.9 Å². The molecule has 0 amide bonds. The topological polar surface area (TPSA) is 88.8 Å². The molecule has 0 spiro atoms. The van der Waals surface area contributed by atoms with Gasteiger partial charge in [0.2, 0.25) is 0 Å². The molecule has 0 saturated carbocycles. The first-order chi connectivity index (χ1) is 10.4. The van der Waals surface area contributed by atoms with E-state index in [9.17, 15) is 14.7 Å². The van der Waals surface area contributed by atoms with Crippen molar-refractivity contribution in [2.75, 3.05) is 13.7 Å². The Morgan fingerprint density at radius 3 is 2.41 bits per heavy atom. The molecule has 1 aromatic heterocycles. The maximum atomic E-state index is 11.6. The Kier molecular flexibility index (Phi) is 6.61. The number of hydrogen-bond donors (Lipinski definition) is 2. The lowest BCUT2D eigenvalue weighted by Crippen LogP contribution is -2.39. The molecule has 2 N–H and O–H groups in total. The van der Waals surface area contributed by atoms with E-state index in [4.69, 9.17) is 9.15 Å². The highest BCUT2D eigenvalue weighted by atomic mass is 16.5. The third-order valence-electron chi connectivity index (χ3n) is 4.16. The fourth-order valence-electron chi connectivity index (χ4n) is 2.42. The zero-order valence-corrected chi connectivity index (χ0v) is 13.7. The molecular formula is C16H25NO5. The van der Waals surface area contributed by atoms with Crippen molar-refractivity contribution in [3.8, 4) is 0 Å². The number of rotatable bonds is 9. The van der Waals surface area contributed by atoms with E-state index >= 15 is 0 Å². The van der Waals surface area contributed by atoms with E-state index in [1.54, 1.807) is 6.07 Å². The average molecular weight is 311 g/mol. The van der Waals surface area contributed by atoms with Crippen LogP contribution in [0.15, 0.2) is 10.5 Å². The van der Waals surface area contributed by atoms with Gasteiger partial charge < -0.3 is 19.6 Å². The van der Waals surface area contributed by atoms with Gasteiger partial charge in [-0.2, -0.15) is 0 Å². The Morgan fingerprint density at radius 2 is 1.95 bits per heavy atom. The van der Waals surface area contributed by atoms with Crippen LogP contribution in [0, 0.1) is 5.41 Å². The second-order valence-corrected chi connectivity index (χ2v) is 5.29. The largest absolute Gasteiger partial charge is 0.481 e. The molecule has 1 aromatic rings. The predicted octanol–water partition coefficient (Wildman–Crippen LogP) is 2.61. The number of carboxylic acid groups (broad SMARTS) is 1. The number of methoxy groups -OCH3 is 1. The van der Waals surface area contributed by atoms with Gasteiger partial charge in [0.25, 0.3) is 0 Å². The highest BCUT2D eigenvalue weighted by Crippen LogP contribution is 2.26. The van der Waals surface area contributed by atoms with E-state index < -0.39 is 17.4 Å². The van der Waals surface area contributed by atoms with Gasteiger partial charge in [-0.15, -0.1) is 0 Å². The zero-order chi connectivity index (χ0) is 16.8. The molecule has 0 bridgehead atoms. The molecule has 22 heavy (non-hydrogen) atoms. The molecule has 0 saturated heterocycles. The first-order valence-electron chi connectivity index (χ1n) is 7.58. The van der Waals surface area contributed by atoms with Crippen molar-refractivity contribution in [3.63, 3.8) is 0 Å². The minimum absolute atomic E-state index is 0.352. The molecule has 1 heterocycles. The van der Waals surface area contributed by atoms with Crippen LogP contribution in [-0.2, 0) is 22.5 Å². The van der Waals surface area contributed by atoms with Gasteiger partial charge >= 0.3 is 11.9 Å². The average Bonchev–Trinajstić information content (AvgIpc) is 2.94. The molecule has 0 radical (unpaired) electrons. The van der Waals surface area contributed by atoms with Gasteiger partial charge in [0, 0.05) is 13.0 Å². The van der Waals surface area contributed by atoms with Gasteiger partial charge in [-0.1, -0.05) is 20.8 Å². The number of carbonyl (C=O) groups is 2. The highest BCUT2D eigenvalue weighted by molar-refractivity contribution is 5.90. The number of esters is 1. The van der Waals surface area contributed by atoms with E-state index in [1.807, 2.05) is 20.8 Å².